The first-order chi connectivity index (χ1) is 6.07. The Morgan fingerprint density at radius 3 is 2.46 bits per heavy atom. The van der Waals surface area contributed by atoms with Gasteiger partial charge >= 0.3 is 0 Å². The van der Waals surface area contributed by atoms with E-state index in [4.69, 9.17) is 0 Å². The van der Waals surface area contributed by atoms with Gasteiger partial charge in [0, 0.05) is 25.1 Å². The van der Waals surface area contributed by atoms with E-state index in [1.807, 2.05) is 13.8 Å². The fourth-order valence-electron chi connectivity index (χ4n) is 0.668. The topological polar surface area (TPSA) is 58.2 Å². The Morgan fingerprint density at radius 2 is 2.00 bits per heavy atom. The maximum atomic E-state index is 11.0. The normalized spacial score (nSPS) is 9.85. The quantitative estimate of drug-likeness (QED) is 0.643. The summed E-state index contributed by atoms with van der Waals surface area (Å²) in [6.45, 7) is 4.04. The largest absolute Gasteiger partial charge is 0.355 e. The van der Waals surface area contributed by atoms with Gasteiger partial charge in [-0.1, -0.05) is 25.8 Å². The fourth-order valence-corrected chi connectivity index (χ4v) is 0.998. The minimum Gasteiger partial charge on any atom is -0.355 e. The Hall–Kier alpha value is -0.710. The van der Waals surface area contributed by atoms with E-state index < -0.39 is 0 Å². The van der Waals surface area contributed by atoms with E-state index in [1.165, 1.54) is 11.9 Å². The van der Waals surface area contributed by atoms with E-state index in [0.717, 1.165) is 0 Å². The van der Waals surface area contributed by atoms with Gasteiger partial charge in [-0.05, 0) is 0 Å². The number of carbonyl (C=O) groups excluding carboxylic acids is 2. The third-order valence-corrected chi connectivity index (χ3v) is 1.82. The molecule has 0 aliphatic heterocycles. The van der Waals surface area contributed by atoms with Crippen LogP contribution < -0.4 is 10.0 Å². The van der Waals surface area contributed by atoms with Crippen molar-refractivity contribution in [3.63, 3.8) is 0 Å². The average molecular weight is 204 g/mol. The minimum absolute atomic E-state index is 0.0167. The first-order valence-electron chi connectivity index (χ1n) is 4.17. The van der Waals surface area contributed by atoms with Crippen molar-refractivity contribution in [1.82, 2.24) is 10.0 Å². The molecule has 2 N–H and O–H groups in total. The van der Waals surface area contributed by atoms with E-state index in [0.29, 0.717) is 13.0 Å². The smallest absolute Gasteiger partial charge is 0.231 e. The fraction of sp³-hybridized carbons (Fsp3) is 0.750. The summed E-state index contributed by atoms with van der Waals surface area (Å²) in [5.41, 5.74) is 0. The average Bonchev–Trinajstić information content (AvgIpc) is 2.04. The van der Waals surface area contributed by atoms with Gasteiger partial charge in [0.1, 0.15) is 0 Å². The molecule has 0 rings (SSSR count). The van der Waals surface area contributed by atoms with Gasteiger partial charge < -0.3 is 10.0 Å². The van der Waals surface area contributed by atoms with Crippen molar-refractivity contribution in [1.29, 1.82) is 0 Å². The molecule has 0 aromatic rings. The molecule has 0 radical (unpaired) electrons. The van der Waals surface area contributed by atoms with Crippen molar-refractivity contribution >= 4 is 23.8 Å². The second-order valence-corrected chi connectivity index (χ2v) is 3.54. The lowest BCUT2D eigenvalue weighted by atomic mass is 10.2. The highest BCUT2D eigenvalue weighted by Gasteiger charge is 2.06. The van der Waals surface area contributed by atoms with Gasteiger partial charge in [-0.25, -0.2) is 0 Å². The molecule has 76 valence electrons. The Labute approximate surface area is 83.0 Å². The van der Waals surface area contributed by atoms with Gasteiger partial charge in [0.15, 0.2) is 0 Å². The van der Waals surface area contributed by atoms with E-state index in [-0.39, 0.29) is 17.7 Å². The van der Waals surface area contributed by atoms with Crippen molar-refractivity contribution in [3.05, 3.63) is 0 Å². The third kappa shape index (κ3) is 6.45. The number of hydrogen-bond donors (Lipinski definition) is 2. The highest BCUT2D eigenvalue weighted by Crippen LogP contribution is 1.91. The van der Waals surface area contributed by atoms with E-state index in [2.05, 4.69) is 10.0 Å². The summed E-state index contributed by atoms with van der Waals surface area (Å²) in [4.78, 5) is 21.9. The number of amides is 2. The van der Waals surface area contributed by atoms with Crippen LogP contribution in [0.15, 0.2) is 0 Å². The van der Waals surface area contributed by atoms with E-state index in [1.54, 1.807) is 6.26 Å². The predicted molar refractivity (Wildman–Crippen MR) is 54.1 cm³/mol. The first-order valence-corrected chi connectivity index (χ1v) is 5.40. The van der Waals surface area contributed by atoms with Crippen molar-refractivity contribution in [2.45, 2.75) is 20.3 Å². The molecule has 0 heterocycles. The molecule has 0 fully saturated rings. The second kappa shape index (κ2) is 6.77. The zero-order chi connectivity index (χ0) is 10.3. The number of carbonyl (C=O) groups is 2. The van der Waals surface area contributed by atoms with Crippen molar-refractivity contribution in [3.8, 4) is 0 Å². The van der Waals surface area contributed by atoms with Gasteiger partial charge in [-0.2, -0.15) is 0 Å². The van der Waals surface area contributed by atoms with E-state index in [9.17, 15) is 9.59 Å². The molecular weight excluding hydrogens is 188 g/mol. The van der Waals surface area contributed by atoms with Crippen LogP contribution in [0.1, 0.15) is 20.3 Å². The molecule has 0 saturated heterocycles. The molecule has 0 aliphatic carbocycles. The lowest BCUT2D eigenvalue weighted by Crippen LogP contribution is -2.31. The van der Waals surface area contributed by atoms with Gasteiger partial charge in [0.25, 0.3) is 0 Å². The minimum atomic E-state index is -0.0587. The molecule has 0 aliphatic rings. The van der Waals surface area contributed by atoms with Crippen LogP contribution in [0.25, 0.3) is 0 Å². The van der Waals surface area contributed by atoms with Crippen LogP contribution in [0.3, 0.4) is 0 Å². The summed E-state index contributed by atoms with van der Waals surface area (Å²) in [6, 6.07) is 0. The molecule has 0 saturated carbocycles. The standard InChI is InChI=1S/C8H16N2O2S/c1-6(2)8(12)9-5-4-7(11)10-13-3/h6H,4-5H2,1-3H3,(H,9,12)(H,10,11). The monoisotopic (exact) mass is 204 g/mol. The highest BCUT2D eigenvalue weighted by atomic mass is 32.2. The molecule has 0 spiro atoms. The molecule has 0 aromatic heterocycles. The maximum absolute atomic E-state index is 11.0. The van der Waals surface area contributed by atoms with Gasteiger partial charge in [0.2, 0.25) is 11.8 Å². The third-order valence-electron chi connectivity index (χ3n) is 1.39. The number of hydrogen-bond acceptors (Lipinski definition) is 3. The maximum Gasteiger partial charge on any atom is 0.231 e. The molecule has 0 unspecified atom stereocenters. The molecule has 13 heavy (non-hydrogen) atoms. The summed E-state index contributed by atoms with van der Waals surface area (Å²) < 4.78 is 2.57. The lowest BCUT2D eigenvalue weighted by Gasteiger charge is -2.06. The lowest BCUT2D eigenvalue weighted by molar-refractivity contribution is -0.124. The highest BCUT2D eigenvalue weighted by molar-refractivity contribution is 7.97. The summed E-state index contributed by atoms with van der Waals surface area (Å²) in [5.74, 6) is -0.0999. The summed E-state index contributed by atoms with van der Waals surface area (Å²) >= 11 is 1.26. The number of nitrogens with one attached hydrogen (secondary N) is 2. The van der Waals surface area contributed by atoms with Crippen LogP contribution in [0.5, 0.6) is 0 Å². The Morgan fingerprint density at radius 1 is 1.38 bits per heavy atom. The van der Waals surface area contributed by atoms with Crippen LogP contribution in [0.4, 0.5) is 0 Å². The van der Waals surface area contributed by atoms with Crippen LogP contribution in [0.2, 0.25) is 0 Å². The van der Waals surface area contributed by atoms with Crippen LogP contribution >= 0.6 is 11.9 Å². The summed E-state index contributed by atoms with van der Waals surface area (Å²) in [6.07, 6.45) is 2.11. The molecule has 0 aromatic carbocycles. The number of rotatable bonds is 5. The molecule has 4 nitrogen and oxygen atoms in total. The van der Waals surface area contributed by atoms with Crippen LogP contribution in [0, 0.1) is 5.92 Å². The van der Waals surface area contributed by atoms with Crippen LogP contribution in [-0.2, 0) is 9.59 Å². The predicted octanol–water partition coefficient (Wildman–Crippen LogP) is 0.543. The van der Waals surface area contributed by atoms with E-state index >= 15 is 0 Å². The summed E-state index contributed by atoms with van der Waals surface area (Å²) in [7, 11) is 0. The van der Waals surface area contributed by atoms with Gasteiger partial charge in [-0.3, -0.25) is 9.59 Å². The molecular formula is C8H16N2O2S. The SMILES string of the molecule is CSNC(=O)CCNC(=O)C(C)C. The van der Waals surface area contributed by atoms with Gasteiger partial charge in [-0.15, -0.1) is 0 Å². The second-order valence-electron chi connectivity index (χ2n) is 2.93. The molecule has 2 amide bonds. The summed E-state index contributed by atoms with van der Waals surface area (Å²) in [5, 5.41) is 2.66. The van der Waals surface area contributed by atoms with Crippen LogP contribution in [-0.4, -0.2) is 24.6 Å². The Bertz CT molecular complexity index is 183. The molecule has 0 atom stereocenters. The zero-order valence-electron chi connectivity index (χ0n) is 8.22. The van der Waals surface area contributed by atoms with Crippen molar-refractivity contribution < 1.29 is 9.59 Å². The zero-order valence-corrected chi connectivity index (χ0v) is 9.03. The molecule has 0 bridgehead atoms. The first kappa shape index (κ1) is 12.3. The Balaban J connectivity index is 3.45. The van der Waals surface area contributed by atoms with Crippen molar-refractivity contribution in [2.24, 2.45) is 5.92 Å². The van der Waals surface area contributed by atoms with Crippen molar-refractivity contribution in [2.75, 3.05) is 12.8 Å². The van der Waals surface area contributed by atoms with Gasteiger partial charge in [0.05, 0.1) is 0 Å². The Kier molecular flexibility index (Phi) is 6.40. The molecule has 5 heteroatoms.